The minimum atomic E-state index is 0.00698. The number of nitrogens with one attached hydrogen (secondary N) is 1. The van der Waals surface area contributed by atoms with Crippen LogP contribution in [0.1, 0.15) is 23.7 Å². The Balaban J connectivity index is 2.07. The van der Waals surface area contributed by atoms with Crippen LogP contribution in [-0.4, -0.2) is 20.0 Å². The Kier molecular flexibility index (Phi) is 4.40. The normalized spacial score (nSPS) is 12.6. The first kappa shape index (κ1) is 13.1. The summed E-state index contributed by atoms with van der Waals surface area (Å²) in [5.74, 6) is 5.61. The Morgan fingerprint density at radius 1 is 1.44 bits per heavy atom. The smallest absolute Gasteiger partial charge is 0.153 e. The summed E-state index contributed by atoms with van der Waals surface area (Å²) in [5, 5.41) is 7.92. The quantitative estimate of drug-likeness (QED) is 0.638. The topological polar surface area (TPSA) is 81.7 Å². The number of hydrogen-bond donors (Lipinski definition) is 2. The minimum absolute atomic E-state index is 0.00698. The van der Waals surface area contributed by atoms with Gasteiger partial charge in [0.05, 0.1) is 11.7 Å². The Labute approximate surface area is 114 Å². The number of hydrazine groups is 1. The zero-order valence-corrected chi connectivity index (χ0v) is 11.6. The van der Waals surface area contributed by atoms with Crippen LogP contribution in [0.25, 0.3) is 0 Å². The molecule has 0 spiro atoms. The molecule has 7 heteroatoms. The lowest BCUT2D eigenvalue weighted by Crippen LogP contribution is -2.30. The van der Waals surface area contributed by atoms with E-state index in [9.17, 15) is 0 Å². The number of halogens is 1. The van der Waals surface area contributed by atoms with Crippen molar-refractivity contribution in [2.45, 2.75) is 18.9 Å². The van der Waals surface area contributed by atoms with Gasteiger partial charge in [0.15, 0.2) is 4.60 Å². The van der Waals surface area contributed by atoms with Crippen molar-refractivity contribution in [1.82, 2.24) is 25.4 Å². The molecule has 18 heavy (non-hydrogen) atoms. The number of aromatic nitrogens is 4. The molecule has 0 saturated carbocycles. The third kappa shape index (κ3) is 2.92. The van der Waals surface area contributed by atoms with E-state index in [-0.39, 0.29) is 6.04 Å². The van der Waals surface area contributed by atoms with Gasteiger partial charge in [-0.15, -0.1) is 5.10 Å². The Hall–Kier alpha value is -1.31. The third-order valence-electron chi connectivity index (χ3n) is 2.83. The van der Waals surface area contributed by atoms with Gasteiger partial charge in [-0.1, -0.05) is 5.21 Å². The highest BCUT2D eigenvalue weighted by molar-refractivity contribution is 9.10. The van der Waals surface area contributed by atoms with Gasteiger partial charge in [-0.3, -0.25) is 16.3 Å². The van der Waals surface area contributed by atoms with Crippen molar-refractivity contribution in [3.8, 4) is 0 Å². The van der Waals surface area contributed by atoms with Gasteiger partial charge in [-0.25, -0.2) is 4.68 Å². The highest BCUT2D eigenvalue weighted by Gasteiger charge is 2.18. The average Bonchev–Trinajstić information content (AvgIpc) is 2.73. The van der Waals surface area contributed by atoms with Gasteiger partial charge >= 0.3 is 0 Å². The maximum absolute atomic E-state index is 5.61. The van der Waals surface area contributed by atoms with Gasteiger partial charge < -0.3 is 0 Å². The molecule has 2 aromatic rings. The van der Waals surface area contributed by atoms with Gasteiger partial charge in [0, 0.05) is 19.4 Å². The molecule has 0 aromatic carbocycles. The van der Waals surface area contributed by atoms with Crippen LogP contribution in [0.2, 0.25) is 0 Å². The van der Waals surface area contributed by atoms with Crippen molar-refractivity contribution >= 4 is 15.9 Å². The van der Waals surface area contributed by atoms with Crippen LogP contribution in [0.4, 0.5) is 0 Å². The number of aryl methyl sites for hydroxylation is 2. The molecule has 0 aliphatic carbocycles. The molecule has 0 bridgehead atoms. The summed E-state index contributed by atoms with van der Waals surface area (Å²) in [5.41, 5.74) is 4.99. The molecule has 2 heterocycles. The second-order valence-corrected chi connectivity index (χ2v) is 4.75. The van der Waals surface area contributed by atoms with Crippen LogP contribution >= 0.6 is 15.9 Å². The van der Waals surface area contributed by atoms with Crippen molar-refractivity contribution in [1.29, 1.82) is 0 Å². The van der Waals surface area contributed by atoms with Gasteiger partial charge in [-0.2, -0.15) is 0 Å². The maximum Gasteiger partial charge on any atom is 0.153 e. The lowest BCUT2D eigenvalue weighted by Gasteiger charge is -2.16. The van der Waals surface area contributed by atoms with E-state index in [4.69, 9.17) is 5.84 Å². The van der Waals surface area contributed by atoms with Crippen molar-refractivity contribution in [3.05, 3.63) is 40.4 Å². The number of nitrogens with two attached hydrogens (primary N) is 1. The lowest BCUT2D eigenvalue weighted by atomic mass is 10.0. The van der Waals surface area contributed by atoms with Crippen molar-refractivity contribution < 1.29 is 0 Å². The van der Waals surface area contributed by atoms with Crippen LogP contribution in [0.3, 0.4) is 0 Å². The first-order chi connectivity index (χ1) is 8.72. The van der Waals surface area contributed by atoms with Crippen molar-refractivity contribution in [2.75, 3.05) is 0 Å². The van der Waals surface area contributed by atoms with Gasteiger partial charge in [0.2, 0.25) is 0 Å². The van der Waals surface area contributed by atoms with Gasteiger partial charge in [0.1, 0.15) is 0 Å². The average molecular weight is 311 g/mol. The van der Waals surface area contributed by atoms with Crippen LogP contribution in [0, 0.1) is 0 Å². The molecule has 1 unspecified atom stereocenters. The molecule has 3 N–H and O–H groups in total. The second-order valence-electron chi connectivity index (χ2n) is 4.00. The van der Waals surface area contributed by atoms with E-state index in [1.165, 1.54) is 5.56 Å². The van der Waals surface area contributed by atoms with E-state index in [2.05, 4.69) is 36.7 Å². The first-order valence-corrected chi connectivity index (χ1v) is 6.41. The summed E-state index contributed by atoms with van der Waals surface area (Å²) >= 11 is 3.38. The van der Waals surface area contributed by atoms with Crippen LogP contribution in [0.15, 0.2) is 29.1 Å². The number of hydrogen-bond acceptors (Lipinski definition) is 5. The van der Waals surface area contributed by atoms with E-state index < -0.39 is 0 Å². The zero-order chi connectivity index (χ0) is 13.0. The molecule has 6 nitrogen and oxygen atoms in total. The van der Waals surface area contributed by atoms with E-state index >= 15 is 0 Å². The highest BCUT2D eigenvalue weighted by atomic mass is 79.9. The number of rotatable bonds is 5. The predicted octanol–water partition coefficient (Wildman–Crippen LogP) is 1.11. The number of nitrogens with zero attached hydrogens (tertiary/aromatic N) is 4. The molecular weight excluding hydrogens is 296 g/mol. The fourth-order valence-corrected chi connectivity index (χ4v) is 2.47. The molecule has 1 atom stereocenters. The Morgan fingerprint density at radius 3 is 2.72 bits per heavy atom. The SMILES string of the molecule is Cn1nnc(Br)c1C(CCc1ccncc1)NN. The van der Waals surface area contributed by atoms with Crippen LogP contribution in [0.5, 0.6) is 0 Å². The first-order valence-electron chi connectivity index (χ1n) is 5.62. The maximum atomic E-state index is 5.61. The van der Waals surface area contributed by atoms with E-state index in [0.717, 1.165) is 23.1 Å². The van der Waals surface area contributed by atoms with E-state index in [0.29, 0.717) is 0 Å². The fraction of sp³-hybridized carbons (Fsp3) is 0.364. The highest BCUT2D eigenvalue weighted by Crippen LogP contribution is 2.23. The molecule has 2 rings (SSSR count). The molecule has 2 aromatic heterocycles. The summed E-state index contributed by atoms with van der Waals surface area (Å²) < 4.78 is 2.45. The standard InChI is InChI=1S/C11H15BrN6/c1-18-10(11(12)16-17-18)9(15-13)3-2-8-4-6-14-7-5-8/h4-7,9,15H,2-3,13H2,1H3. The molecule has 0 saturated heterocycles. The third-order valence-corrected chi connectivity index (χ3v) is 3.39. The molecular formula is C11H15BrN6. The van der Waals surface area contributed by atoms with Gasteiger partial charge in [0.25, 0.3) is 0 Å². The molecule has 96 valence electrons. The molecule has 0 amide bonds. The summed E-state index contributed by atoms with van der Waals surface area (Å²) in [4.78, 5) is 4.00. The Bertz CT molecular complexity index is 478. The lowest BCUT2D eigenvalue weighted by molar-refractivity contribution is 0.478. The molecule has 0 radical (unpaired) electrons. The molecule has 0 fully saturated rings. The fourth-order valence-electron chi connectivity index (χ4n) is 1.87. The van der Waals surface area contributed by atoms with Crippen LogP contribution < -0.4 is 11.3 Å². The summed E-state index contributed by atoms with van der Waals surface area (Å²) in [6.45, 7) is 0. The van der Waals surface area contributed by atoms with Gasteiger partial charge in [-0.05, 0) is 46.5 Å². The van der Waals surface area contributed by atoms with E-state index in [1.54, 1.807) is 17.1 Å². The van der Waals surface area contributed by atoms with Crippen LogP contribution in [-0.2, 0) is 13.5 Å². The summed E-state index contributed by atoms with van der Waals surface area (Å²) in [6, 6.07) is 4.02. The molecule has 0 aliphatic rings. The van der Waals surface area contributed by atoms with Crippen molar-refractivity contribution in [2.24, 2.45) is 12.9 Å². The Morgan fingerprint density at radius 2 is 2.17 bits per heavy atom. The summed E-state index contributed by atoms with van der Waals surface area (Å²) in [6.07, 6.45) is 5.36. The summed E-state index contributed by atoms with van der Waals surface area (Å²) in [7, 11) is 1.85. The number of pyridine rings is 1. The monoisotopic (exact) mass is 310 g/mol. The van der Waals surface area contributed by atoms with E-state index in [1.807, 2.05) is 19.2 Å². The molecule has 0 aliphatic heterocycles. The zero-order valence-electron chi connectivity index (χ0n) is 10.0. The van der Waals surface area contributed by atoms with Crippen molar-refractivity contribution in [3.63, 3.8) is 0 Å². The predicted molar refractivity (Wildman–Crippen MR) is 71.3 cm³/mol. The second kappa shape index (κ2) is 6.03. The largest absolute Gasteiger partial charge is 0.271 e. The minimum Gasteiger partial charge on any atom is -0.271 e.